The Morgan fingerprint density at radius 2 is 2.16 bits per heavy atom. The first-order chi connectivity index (χ1) is 9.04. The normalized spacial score (nSPS) is 10.4. The summed E-state index contributed by atoms with van der Waals surface area (Å²) in [5.41, 5.74) is 5.36. The van der Waals surface area contributed by atoms with E-state index in [9.17, 15) is 13.6 Å². The Labute approximate surface area is 107 Å². The maximum atomic E-state index is 13.3. The molecule has 0 aliphatic heterocycles. The van der Waals surface area contributed by atoms with Crippen LogP contribution in [0.4, 0.5) is 14.6 Å². The van der Waals surface area contributed by atoms with Crippen LogP contribution in [0.3, 0.4) is 0 Å². The Balaban J connectivity index is 1.91. The maximum Gasteiger partial charge on any atom is 0.328 e. The number of esters is 1. The number of ether oxygens (including phenoxy) is 1. The van der Waals surface area contributed by atoms with Crippen molar-refractivity contribution < 1.29 is 18.3 Å². The van der Waals surface area contributed by atoms with E-state index >= 15 is 0 Å². The van der Waals surface area contributed by atoms with Gasteiger partial charge in [-0.3, -0.25) is 9.48 Å². The lowest BCUT2D eigenvalue weighted by Gasteiger charge is -2.06. The van der Waals surface area contributed by atoms with Crippen LogP contribution >= 0.6 is 0 Å². The van der Waals surface area contributed by atoms with E-state index in [1.165, 1.54) is 16.9 Å². The Morgan fingerprint density at radius 1 is 1.37 bits per heavy atom. The molecule has 100 valence electrons. The first-order valence-corrected chi connectivity index (χ1v) is 5.43. The molecule has 7 heteroatoms. The summed E-state index contributed by atoms with van der Waals surface area (Å²) in [5, 5.41) is 3.80. The molecule has 0 aliphatic carbocycles. The van der Waals surface area contributed by atoms with Crippen LogP contribution in [0.15, 0.2) is 30.5 Å². The van der Waals surface area contributed by atoms with Gasteiger partial charge in [0, 0.05) is 11.8 Å². The summed E-state index contributed by atoms with van der Waals surface area (Å²) in [6.07, 6.45) is 1.51. The number of aromatic nitrogens is 2. The van der Waals surface area contributed by atoms with Crippen LogP contribution in [0.1, 0.15) is 5.56 Å². The number of benzene rings is 1. The average Bonchev–Trinajstić information content (AvgIpc) is 2.76. The average molecular weight is 267 g/mol. The smallest absolute Gasteiger partial charge is 0.328 e. The van der Waals surface area contributed by atoms with Crippen molar-refractivity contribution >= 4 is 11.8 Å². The van der Waals surface area contributed by atoms with Gasteiger partial charge in [-0.25, -0.2) is 8.78 Å². The third-order valence-electron chi connectivity index (χ3n) is 2.35. The topological polar surface area (TPSA) is 70.1 Å². The van der Waals surface area contributed by atoms with Crippen molar-refractivity contribution in [1.29, 1.82) is 0 Å². The molecule has 1 aromatic heterocycles. The molecule has 2 aromatic rings. The van der Waals surface area contributed by atoms with Gasteiger partial charge < -0.3 is 10.5 Å². The van der Waals surface area contributed by atoms with Gasteiger partial charge in [-0.05, 0) is 24.3 Å². The first kappa shape index (κ1) is 13.0. The number of hydrogen-bond acceptors (Lipinski definition) is 4. The van der Waals surface area contributed by atoms with E-state index in [0.717, 1.165) is 18.2 Å². The first-order valence-electron chi connectivity index (χ1n) is 5.43. The Kier molecular flexibility index (Phi) is 3.74. The molecular formula is C12H11F2N3O2. The number of halogens is 2. The maximum absolute atomic E-state index is 13.3. The summed E-state index contributed by atoms with van der Waals surface area (Å²) in [6.45, 7) is -0.479. The summed E-state index contributed by atoms with van der Waals surface area (Å²) in [5.74, 6) is -1.56. The number of carbonyl (C=O) groups excluding carboxylic acids is 1. The van der Waals surface area contributed by atoms with Crippen molar-refractivity contribution in [1.82, 2.24) is 9.78 Å². The predicted molar refractivity (Wildman–Crippen MR) is 62.8 cm³/mol. The fourth-order valence-corrected chi connectivity index (χ4v) is 1.46. The molecule has 0 radical (unpaired) electrons. The third kappa shape index (κ3) is 3.51. The van der Waals surface area contributed by atoms with E-state index in [0.29, 0.717) is 0 Å². The quantitative estimate of drug-likeness (QED) is 0.852. The molecule has 19 heavy (non-hydrogen) atoms. The fraction of sp³-hybridized carbons (Fsp3) is 0.167. The molecule has 1 aromatic carbocycles. The monoisotopic (exact) mass is 267 g/mol. The van der Waals surface area contributed by atoms with Crippen LogP contribution in [0.2, 0.25) is 0 Å². The second-order valence-corrected chi connectivity index (χ2v) is 3.83. The molecule has 0 atom stereocenters. The van der Waals surface area contributed by atoms with Crippen LogP contribution in [-0.2, 0) is 22.7 Å². The minimum Gasteiger partial charge on any atom is -0.459 e. The Morgan fingerprint density at radius 3 is 2.84 bits per heavy atom. The van der Waals surface area contributed by atoms with E-state index in [1.807, 2.05) is 0 Å². The van der Waals surface area contributed by atoms with E-state index in [-0.39, 0.29) is 24.5 Å². The zero-order valence-corrected chi connectivity index (χ0v) is 9.85. The van der Waals surface area contributed by atoms with Gasteiger partial charge in [0.2, 0.25) is 0 Å². The lowest BCUT2D eigenvalue weighted by atomic mass is 10.2. The van der Waals surface area contributed by atoms with Crippen molar-refractivity contribution in [3.05, 3.63) is 47.7 Å². The van der Waals surface area contributed by atoms with Crippen LogP contribution in [0.5, 0.6) is 0 Å². The van der Waals surface area contributed by atoms with E-state index < -0.39 is 17.6 Å². The molecule has 0 unspecified atom stereocenters. The van der Waals surface area contributed by atoms with E-state index in [1.54, 1.807) is 0 Å². The third-order valence-corrected chi connectivity index (χ3v) is 2.35. The molecule has 1 heterocycles. The summed E-state index contributed by atoms with van der Waals surface area (Å²) in [6, 6.07) is 4.48. The second-order valence-electron chi connectivity index (χ2n) is 3.83. The predicted octanol–water partition coefficient (Wildman–Crippen LogP) is 1.49. The molecule has 0 spiro atoms. The van der Waals surface area contributed by atoms with Gasteiger partial charge >= 0.3 is 5.97 Å². The summed E-state index contributed by atoms with van der Waals surface area (Å²) < 4.78 is 32.3. The molecular weight excluding hydrogens is 256 g/mol. The molecule has 2 N–H and O–H groups in total. The molecule has 0 aliphatic rings. The van der Waals surface area contributed by atoms with Crippen LogP contribution in [-0.4, -0.2) is 15.7 Å². The number of hydrogen-bond donors (Lipinski definition) is 1. The van der Waals surface area contributed by atoms with Gasteiger partial charge in [-0.15, -0.1) is 0 Å². The molecule has 0 amide bonds. The highest BCUT2D eigenvalue weighted by Gasteiger charge is 2.09. The fourth-order valence-electron chi connectivity index (χ4n) is 1.46. The van der Waals surface area contributed by atoms with Gasteiger partial charge in [0.05, 0.1) is 0 Å². The Bertz CT molecular complexity index is 598. The largest absolute Gasteiger partial charge is 0.459 e. The number of nitrogens with zero attached hydrogens (tertiary/aromatic N) is 2. The molecule has 0 fully saturated rings. The van der Waals surface area contributed by atoms with Crippen molar-refractivity contribution in [2.45, 2.75) is 13.2 Å². The second kappa shape index (κ2) is 5.47. The van der Waals surface area contributed by atoms with Crippen LogP contribution < -0.4 is 5.73 Å². The standard InChI is InChI=1S/C12H11F2N3O2/c13-9-1-2-10(14)8(5-9)7-19-12(18)6-17-4-3-11(15)16-17/h1-5H,6-7H2,(H2,15,16). The lowest BCUT2D eigenvalue weighted by Crippen LogP contribution is -2.14. The van der Waals surface area contributed by atoms with Gasteiger partial charge in [-0.2, -0.15) is 5.10 Å². The highest BCUT2D eigenvalue weighted by atomic mass is 19.1. The Hall–Kier alpha value is -2.44. The van der Waals surface area contributed by atoms with Crippen molar-refractivity contribution in [2.75, 3.05) is 5.73 Å². The van der Waals surface area contributed by atoms with Gasteiger partial charge in [0.1, 0.15) is 30.6 Å². The summed E-state index contributed by atoms with van der Waals surface area (Å²) in [4.78, 5) is 11.5. The van der Waals surface area contributed by atoms with Gasteiger partial charge in [0.15, 0.2) is 0 Å². The molecule has 0 saturated carbocycles. The van der Waals surface area contributed by atoms with Crippen LogP contribution in [0, 0.1) is 11.6 Å². The number of anilines is 1. The highest BCUT2D eigenvalue weighted by Crippen LogP contribution is 2.11. The summed E-state index contributed by atoms with van der Waals surface area (Å²) in [7, 11) is 0. The minimum absolute atomic E-state index is 0.0201. The molecule has 5 nitrogen and oxygen atoms in total. The van der Waals surface area contributed by atoms with Crippen LogP contribution in [0.25, 0.3) is 0 Å². The zero-order valence-electron chi connectivity index (χ0n) is 9.85. The highest BCUT2D eigenvalue weighted by molar-refractivity contribution is 5.69. The van der Waals surface area contributed by atoms with Gasteiger partial charge in [0.25, 0.3) is 0 Å². The van der Waals surface area contributed by atoms with Gasteiger partial charge in [-0.1, -0.05) is 0 Å². The molecule has 2 rings (SSSR count). The van der Waals surface area contributed by atoms with E-state index in [2.05, 4.69) is 5.10 Å². The minimum atomic E-state index is -0.627. The summed E-state index contributed by atoms with van der Waals surface area (Å²) >= 11 is 0. The van der Waals surface area contributed by atoms with E-state index in [4.69, 9.17) is 10.5 Å². The number of nitrogen functional groups attached to an aromatic ring is 1. The number of rotatable bonds is 4. The van der Waals surface area contributed by atoms with Crippen molar-refractivity contribution in [3.8, 4) is 0 Å². The lowest BCUT2D eigenvalue weighted by molar-refractivity contribution is -0.145. The number of carbonyl (C=O) groups is 1. The number of nitrogens with two attached hydrogens (primary N) is 1. The molecule has 0 bridgehead atoms. The van der Waals surface area contributed by atoms with Crippen molar-refractivity contribution in [3.63, 3.8) is 0 Å². The molecule has 0 saturated heterocycles. The van der Waals surface area contributed by atoms with Crippen molar-refractivity contribution in [2.24, 2.45) is 0 Å². The SMILES string of the molecule is Nc1ccn(CC(=O)OCc2cc(F)ccc2F)n1. The zero-order chi connectivity index (χ0) is 13.8.